The van der Waals surface area contributed by atoms with Crippen molar-refractivity contribution in [3.8, 4) is 52.6 Å². The highest BCUT2D eigenvalue weighted by Gasteiger charge is 2.51. The Labute approximate surface area is 601 Å². The first kappa shape index (κ1) is 72.9. The van der Waals surface area contributed by atoms with Gasteiger partial charge in [-0.15, -0.1) is 6.42 Å². The Morgan fingerprint density at radius 1 is 0.794 bits per heavy atom. The zero-order valence-corrected chi connectivity index (χ0v) is 61.3. The van der Waals surface area contributed by atoms with Crippen LogP contribution in [0, 0.1) is 24.0 Å². The largest absolute Gasteiger partial charge is 0.492 e. The summed E-state index contributed by atoms with van der Waals surface area (Å²) in [4.78, 5) is 59.1. The Morgan fingerprint density at radius 3 is 2.26 bits per heavy atom. The van der Waals surface area contributed by atoms with Gasteiger partial charge in [0.05, 0.1) is 59.0 Å². The van der Waals surface area contributed by atoms with Gasteiger partial charge in [-0.1, -0.05) is 87.1 Å². The van der Waals surface area contributed by atoms with Crippen molar-refractivity contribution in [1.82, 2.24) is 49.5 Å². The molecule has 6 fully saturated rings. The van der Waals surface area contributed by atoms with E-state index in [4.69, 9.17) is 75.6 Å². The van der Waals surface area contributed by atoms with E-state index in [9.17, 15) is 9.59 Å². The molecule has 0 aliphatic carbocycles. The number of aromatic nitrogens is 6. The molecular formula is C76H96ClF2N11O11Si. The van der Waals surface area contributed by atoms with E-state index in [0.29, 0.717) is 127 Å². The van der Waals surface area contributed by atoms with Crippen molar-refractivity contribution in [2.75, 3.05) is 103 Å². The molecule has 0 spiro atoms. The lowest BCUT2D eigenvalue weighted by Gasteiger charge is -2.42. The SMILES string of the molecule is C#Cc1c(F)ccc2cccc(-c3ncc4c(N5CC6CCC(C5)N6C(=O)OC(C)(C)C)nc(OCCN5CCN(CCCCCCCCC(=O)NCCOc6ccc(-c7nc8nc(O[C@@H]9CO[C@H]%10[C@@H]9OC[C@H]%10OC9CCCCO9)n(COCC[Si](C)(C)C)c8cc7Cl)cc6)CC5)nc4c3F)c12. The molecule has 2 amide bonds. The first-order valence-corrected chi connectivity index (χ1v) is 40.6. The highest BCUT2D eigenvalue weighted by Crippen LogP contribution is 2.41. The average molecular weight is 1440 g/mol. The number of amides is 2. The van der Waals surface area contributed by atoms with Crippen molar-refractivity contribution in [3.63, 3.8) is 0 Å². The van der Waals surface area contributed by atoms with E-state index in [1.165, 1.54) is 6.07 Å². The van der Waals surface area contributed by atoms with Crippen molar-refractivity contribution in [1.29, 1.82) is 0 Å². The molecular weight excluding hydrogens is 1340 g/mol. The van der Waals surface area contributed by atoms with Gasteiger partial charge in [0.25, 0.3) is 0 Å². The normalized spacial score (nSPS) is 21.8. The summed E-state index contributed by atoms with van der Waals surface area (Å²) in [5.41, 5.74) is 2.26. The van der Waals surface area contributed by atoms with Crippen LogP contribution in [0.5, 0.6) is 17.8 Å². The molecule has 4 aromatic heterocycles. The van der Waals surface area contributed by atoms with Gasteiger partial charge in [0.15, 0.2) is 23.9 Å². The number of carbonyl (C=O) groups excluding carboxylic acids is 2. The standard InChI is InChI=1S/C76H96ClF2N11O11Si/c1-8-54-58(78)29-24-49-18-17-19-55(64(49)54)67-65(79)68-56(43-81-67)72(88-44-51-25-26-52(45-88)90(51)75(92)101-76(2,3)4)85-73(83-68)96-39-36-87-34-32-86(33-35-87)31-15-12-10-9-11-13-20-62(91)80-30-38-94-53-27-22-50(23-28-53)66-57(77)42-59-71(82-66)84-74(89(59)48-93-40-41-102(5,6)7)100-61-47-98-69-60(46-97-70(61)69)99-63-21-14-16-37-95-63/h1,17-19,22-24,27-29,42-43,51-52,60-61,63,69-70H,9-16,20-21,25-26,30-41,44-48H2,2-7H3,(H,80,91)/t51?,52?,60-,61-,63?,69-,70-/m1/s1. The number of fused-ring (bicyclic) bond motifs is 6. The molecule has 3 unspecified atom stereocenters. The van der Waals surface area contributed by atoms with Crippen LogP contribution in [0.3, 0.4) is 0 Å². The van der Waals surface area contributed by atoms with Crippen LogP contribution >= 0.6 is 11.6 Å². The van der Waals surface area contributed by atoms with Crippen LogP contribution < -0.4 is 24.4 Å². The second-order valence-electron chi connectivity index (χ2n) is 29.8. The monoisotopic (exact) mass is 1440 g/mol. The van der Waals surface area contributed by atoms with Gasteiger partial charge in [-0.25, -0.2) is 18.6 Å². The minimum atomic E-state index is -1.34. The lowest BCUT2D eigenvalue weighted by molar-refractivity contribution is -0.202. The van der Waals surface area contributed by atoms with Crippen LogP contribution in [-0.2, 0) is 39.9 Å². The Kier molecular flexibility index (Phi) is 23.4. The molecule has 7 aromatic rings. The number of terminal acetylenes is 1. The summed E-state index contributed by atoms with van der Waals surface area (Å²) in [6.07, 6.45) is 16.9. The molecule has 6 saturated heterocycles. The second-order valence-corrected chi connectivity index (χ2v) is 35.9. The summed E-state index contributed by atoms with van der Waals surface area (Å²) in [6.45, 7) is 22.0. The molecule has 7 atom stereocenters. The van der Waals surface area contributed by atoms with Crippen molar-refractivity contribution < 1.29 is 61.0 Å². The molecule has 6 aliphatic heterocycles. The maximum Gasteiger partial charge on any atom is 0.410 e. The highest BCUT2D eigenvalue weighted by atomic mass is 35.5. The fourth-order valence-corrected chi connectivity index (χ4v) is 15.6. The lowest BCUT2D eigenvalue weighted by Crippen LogP contribution is -2.57. The number of ether oxygens (including phenoxy) is 9. The number of benzene rings is 3. The van der Waals surface area contributed by atoms with E-state index < -0.39 is 31.4 Å². The van der Waals surface area contributed by atoms with Crippen molar-refractivity contribution in [2.45, 2.75) is 179 Å². The van der Waals surface area contributed by atoms with Crippen LogP contribution in [0.15, 0.2) is 66.9 Å². The fourth-order valence-electron chi connectivity index (χ4n) is 14.6. The number of hydrogen-bond acceptors (Lipinski definition) is 19. The number of nitrogens with one attached hydrogen (secondary N) is 1. The topological polar surface area (TPSA) is 212 Å². The summed E-state index contributed by atoms with van der Waals surface area (Å²) in [6, 6.07) is 18.7. The maximum absolute atomic E-state index is 17.3. The van der Waals surface area contributed by atoms with Crippen molar-refractivity contribution >= 4 is 70.3 Å². The summed E-state index contributed by atoms with van der Waals surface area (Å²) < 4.78 is 89.9. The van der Waals surface area contributed by atoms with Gasteiger partial charge >= 0.3 is 18.1 Å². The van der Waals surface area contributed by atoms with Crippen LogP contribution in [-0.4, -0.2) is 211 Å². The molecule has 22 nitrogen and oxygen atoms in total. The maximum atomic E-state index is 17.3. The fraction of sp³-hybridized carbons (Fsp3) is 0.566. The summed E-state index contributed by atoms with van der Waals surface area (Å²) >= 11 is 7.00. The van der Waals surface area contributed by atoms with E-state index in [2.05, 4.69) is 55.5 Å². The number of imidazole rings is 1. The van der Waals surface area contributed by atoms with Gasteiger partial charge in [-0.3, -0.25) is 24.1 Å². The van der Waals surface area contributed by atoms with Gasteiger partial charge in [0.1, 0.15) is 72.5 Å². The molecule has 6 aliphatic rings. The number of anilines is 1. The van der Waals surface area contributed by atoms with Gasteiger partial charge in [-0.2, -0.15) is 15.0 Å². The number of piperazine rings is 2. The highest BCUT2D eigenvalue weighted by molar-refractivity contribution is 6.76. The number of pyridine rings is 2. The molecule has 0 radical (unpaired) electrons. The number of hydrogen-bond donors (Lipinski definition) is 1. The van der Waals surface area contributed by atoms with E-state index in [1.54, 1.807) is 30.5 Å². The van der Waals surface area contributed by atoms with E-state index >= 15 is 8.78 Å². The quantitative estimate of drug-likeness (QED) is 0.0262. The molecule has 0 saturated carbocycles. The number of unbranched alkanes of at least 4 members (excludes halogenated alkanes) is 5. The minimum absolute atomic E-state index is 0.0180. The van der Waals surface area contributed by atoms with Gasteiger partial charge in [0, 0.05) is 96.2 Å². The van der Waals surface area contributed by atoms with Crippen LogP contribution in [0.1, 0.15) is 103 Å². The molecule has 546 valence electrons. The molecule has 3 aromatic carbocycles. The second kappa shape index (κ2) is 32.7. The number of halogens is 3. The Morgan fingerprint density at radius 2 is 1.53 bits per heavy atom. The molecule has 102 heavy (non-hydrogen) atoms. The Bertz CT molecular complexity index is 4110. The zero-order chi connectivity index (χ0) is 71.1. The number of rotatable bonds is 29. The van der Waals surface area contributed by atoms with E-state index in [-0.39, 0.29) is 84.8 Å². The first-order chi connectivity index (χ1) is 49.3. The molecule has 10 heterocycles. The smallest absolute Gasteiger partial charge is 0.410 e. The minimum Gasteiger partial charge on any atom is -0.492 e. The average Bonchev–Trinajstić information content (AvgIpc) is 1.03. The van der Waals surface area contributed by atoms with Crippen molar-refractivity contribution in [2.24, 2.45) is 0 Å². The lowest BCUT2D eigenvalue weighted by atomic mass is 9.96. The predicted molar refractivity (Wildman–Crippen MR) is 389 cm³/mol. The molecule has 2 bridgehead atoms. The number of nitrogens with zero attached hydrogens (tertiary/aromatic N) is 10. The van der Waals surface area contributed by atoms with E-state index in [1.807, 2.05) is 60.6 Å². The van der Waals surface area contributed by atoms with Crippen molar-refractivity contribution in [3.05, 3.63) is 89.1 Å². The molecule has 26 heteroatoms. The van der Waals surface area contributed by atoms with E-state index in [0.717, 1.165) is 115 Å². The predicted octanol–water partition coefficient (Wildman–Crippen LogP) is 12.4. The van der Waals surface area contributed by atoms with Gasteiger partial charge < -0.3 is 57.7 Å². The zero-order valence-electron chi connectivity index (χ0n) is 59.6. The summed E-state index contributed by atoms with van der Waals surface area (Å²) in [7, 11) is -1.34. The Balaban J connectivity index is 0.523. The Hall–Kier alpha value is -7.38. The third kappa shape index (κ3) is 17.5. The molecule has 13 rings (SSSR count). The van der Waals surface area contributed by atoms with Crippen LogP contribution in [0.25, 0.3) is 55.4 Å². The number of carbonyl (C=O) groups is 2. The van der Waals surface area contributed by atoms with Gasteiger partial charge in [-0.05, 0) is 120 Å². The van der Waals surface area contributed by atoms with Gasteiger partial charge in [0.2, 0.25) is 5.91 Å². The third-order valence-corrected chi connectivity index (χ3v) is 22.0. The third-order valence-electron chi connectivity index (χ3n) is 20.0. The molecule has 1 N–H and O–H groups in total. The van der Waals surface area contributed by atoms with Crippen LogP contribution in [0.2, 0.25) is 30.7 Å². The summed E-state index contributed by atoms with van der Waals surface area (Å²) in [5.74, 6) is 2.33. The van der Waals surface area contributed by atoms with Crippen LogP contribution in [0.4, 0.5) is 19.4 Å². The first-order valence-electron chi connectivity index (χ1n) is 36.5. The summed E-state index contributed by atoms with van der Waals surface area (Å²) in [5, 5.41) is 4.89.